The highest BCUT2D eigenvalue weighted by Gasteiger charge is 2.28. The molecule has 0 fully saturated rings. The van der Waals surface area contributed by atoms with Crippen molar-refractivity contribution in [1.29, 1.82) is 0 Å². The van der Waals surface area contributed by atoms with Gasteiger partial charge in [0.25, 0.3) is 0 Å². The quantitative estimate of drug-likeness (QED) is 0.300. The first-order valence-electron chi connectivity index (χ1n) is 9.24. The lowest BCUT2D eigenvalue weighted by Gasteiger charge is -2.12. The highest BCUT2D eigenvalue weighted by Crippen LogP contribution is 2.38. The number of nitrogens with one attached hydrogen (secondary N) is 2. The first-order valence-corrected chi connectivity index (χ1v) is 10.1. The summed E-state index contributed by atoms with van der Waals surface area (Å²) in [5, 5.41) is 15.8. The van der Waals surface area contributed by atoms with Crippen molar-refractivity contribution < 1.29 is 24.2 Å². The van der Waals surface area contributed by atoms with E-state index in [-0.39, 0.29) is 12.4 Å². The SMILES string of the molecule is CCOC(=O)c1c(NC(=O)C(=O)NN=Cc2ccc(O)cc2)sc2c1CCCC2. The number of hydrogen-bond donors (Lipinski definition) is 3. The Morgan fingerprint density at radius 2 is 1.90 bits per heavy atom. The lowest BCUT2D eigenvalue weighted by molar-refractivity contribution is -0.136. The summed E-state index contributed by atoms with van der Waals surface area (Å²) >= 11 is 1.31. The van der Waals surface area contributed by atoms with Crippen molar-refractivity contribution in [1.82, 2.24) is 5.43 Å². The molecule has 0 saturated carbocycles. The number of fused-ring (bicyclic) bond motifs is 1. The fourth-order valence-corrected chi connectivity index (χ4v) is 4.28. The zero-order valence-corrected chi connectivity index (χ0v) is 16.7. The molecule has 0 bridgehead atoms. The predicted octanol–water partition coefficient (Wildman–Crippen LogP) is 2.60. The van der Waals surface area contributed by atoms with Gasteiger partial charge >= 0.3 is 17.8 Å². The maximum Gasteiger partial charge on any atom is 0.341 e. The fraction of sp³-hybridized carbons (Fsp3) is 0.300. The molecule has 3 rings (SSSR count). The molecule has 1 heterocycles. The minimum Gasteiger partial charge on any atom is -0.508 e. The number of nitrogens with zero attached hydrogens (tertiary/aromatic N) is 1. The van der Waals surface area contributed by atoms with Crippen molar-refractivity contribution in [3.05, 3.63) is 45.8 Å². The van der Waals surface area contributed by atoms with Crippen LogP contribution in [0.4, 0.5) is 5.00 Å². The van der Waals surface area contributed by atoms with E-state index in [0.29, 0.717) is 16.1 Å². The molecule has 0 saturated heterocycles. The summed E-state index contributed by atoms with van der Waals surface area (Å²) in [4.78, 5) is 37.8. The number of ether oxygens (including phenoxy) is 1. The van der Waals surface area contributed by atoms with Crippen LogP contribution in [0.5, 0.6) is 5.75 Å². The third-order valence-corrected chi connectivity index (χ3v) is 5.56. The normalized spacial score (nSPS) is 13.0. The fourth-order valence-electron chi connectivity index (χ4n) is 3.01. The van der Waals surface area contributed by atoms with Gasteiger partial charge < -0.3 is 15.2 Å². The molecule has 0 spiro atoms. The van der Waals surface area contributed by atoms with Gasteiger partial charge in [-0.15, -0.1) is 11.3 Å². The number of esters is 1. The molecule has 2 aromatic rings. The number of carbonyl (C=O) groups excluding carboxylic acids is 3. The monoisotopic (exact) mass is 415 g/mol. The van der Waals surface area contributed by atoms with Crippen LogP contribution in [0, 0.1) is 0 Å². The van der Waals surface area contributed by atoms with E-state index in [1.807, 2.05) is 0 Å². The average Bonchev–Trinajstić information content (AvgIpc) is 3.07. The van der Waals surface area contributed by atoms with Gasteiger partial charge in [0.15, 0.2) is 0 Å². The molecule has 3 N–H and O–H groups in total. The molecular formula is C20H21N3O5S. The lowest BCUT2D eigenvalue weighted by Crippen LogP contribution is -2.32. The number of phenolic OH excluding ortho intramolecular Hbond substituents is 1. The number of phenols is 1. The Balaban J connectivity index is 1.69. The van der Waals surface area contributed by atoms with E-state index < -0.39 is 17.8 Å². The summed E-state index contributed by atoms with van der Waals surface area (Å²) in [6.45, 7) is 1.94. The zero-order valence-electron chi connectivity index (χ0n) is 15.9. The van der Waals surface area contributed by atoms with Crippen molar-refractivity contribution in [2.24, 2.45) is 5.10 Å². The molecule has 29 heavy (non-hydrogen) atoms. The van der Waals surface area contributed by atoms with E-state index in [0.717, 1.165) is 36.1 Å². The topological polar surface area (TPSA) is 117 Å². The van der Waals surface area contributed by atoms with Crippen LogP contribution in [-0.2, 0) is 27.2 Å². The largest absolute Gasteiger partial charge is 0.508 e. The number of rotatable bonds is 5. The Labute approximate surface area is 171 Å². The molecule has 0 unspecified atom stereocenters. The van der Waals surface area contributed by atoms with Crippen LogP contribution in [0.1, 0.15) is 46.1 Å². The van der Waals surface area contributed by atoms with Gasteiger partial charge in [-0.3, -0.25) is 9.59 Å². The summed E-state index contributed by atoms with van der Waals surface area (Å²) in [5.41, 5.74) is 4.03. The first kappa shape index (κ1) is 20.5. The van der Waals surface area contributed by atoms with Crippen molar-refractivity contribution in [3.8, 4) is 5.75 Å². The Kier molecular flexibility index (Phi) is 6.61. The van der Waals surface area contributed by atoms with Crippen LogP contribution in [0.2, 0.25) is 0 Å². The number of aryl methyl sites for hydroxylation is 1. The molecule has 0 atom stereocenters. The molecule has 1 aromatic carbocycles. The van der Waals surface area contributed by atoms with Crippen LogP contribution >= 0.6 is 11.3 Å². The number of hydrogen-bond acceptors (Lipinski definition) is 7. The molecule has 0 radical (unpaired) electrons. The maximum absolute atomic E-state index is 12.4. The number of hydrazone groups is 1. The third kappa shape index (κ3) is 5.00. The van der Waals surface area contributed by atoms with Gasteiger partial charge in [0, 0.05) is 4.88 Å². The van der Waals surface area contributed by atoms with Crippen molar-refractivity contribution in [2.45, 2.75) is 32.6 Å². The van der Waals surface area contributed by atoms with Gasteiger partial charge in [0.2, 0.25) is 0 Å². The van der Waals surface area contributed by atoms with Gasteiger partial charge in [-0.05, 0) is 68.0 Å². The van der Waals surface area contributed by atoms with Crippen LogP contribution < -0.4 is 10.7 Å². The highest BCUT2D eigenvalue weighted by molar-refractivity contribution is 7.17. The number of thiophene rings is 1. The molecule has 152 valence electrons. The summed E-state index contributed by atoms with van der Waals surface area (Å²) in [6.07, 6.45) is 4.93. The minimum absolute atomic E-state index is 0.113. The zero-order chi connectivity index (χ0) is 20.8. The summed E-state index contributed by atoms with van der Waals surface area (Å²) in [5.74, 6) is -2.26. The summed E-state index contributed by atoms with van der Waals surface area (Å²) in [7, 11) is 0. The van der Waals surface area contributed by atoms with Crippen molar-refractivity contribution >= 4 is 40.3 Å². The van der Waals surface area contributed by atoms with Gasteiger partial charge in [-0.2, -0.15) is 5.10 Å². The van der Waals surface area contributed by atoms with E-state index >= 15 is 0 Å². The van der Waals surface area contributed by atoms with Gasteiger partial charge in [-0.25, -0.2) is 10.2 Å². The number of benzene rings is 1. The predicted molar refractivity (Wildman–Crippen MR) is 109 cm³/mol. The molecule has 2 amide bonds. The maximum atomic E-state index is 12.4. The van der Waals surface area contributed by atoms with E-state index in [1.54, 1.807) is 19.1 Å². The van der Waals surface area contributed by atoms with E-state index in [4.69, 9.17) is 4.74 Å². The second-order valence-corrected chi connectivity index (χ2v) is 7.49. The Morgan fingerprint density at radius 1 is 1.17 bits per heavy atom. The summed E-state index contributed by atoms with van der Waals surface area (Å²) in [6, 6.07) is 6.16. The standard InChI is InChI=1S/C20H21N3O5S/c1-2-28-20(27)16-14-5-3-4-6-15(14)29-19(16)22-17(25)18(26)23-21-11-12-7-9-13(24)10-8-12/h7-11,24H,2-6H2,1H3,(H,22,25)(H,23,26). The number of carbonyl (C=O) groups is 3. The molecular weight excluding hydrogens is 394 g/mol. The Morgan fingerprint density at radius 3 is 2.62 bits per heavy atom. The molecule has 1 aliphatic carbocycles. The Hall–Kier alpha value is -3.20. The van der Waals surface area contributed by atoms with E-state index in [1.165, 1.54) is 29.7 Å². The summed E-state index contributed by atoms with van der Waals surface area (Å²) < 4.78 is 5.13. The third-order valence-electron chi connectivity index (χ3n) is 4.36. The van der Waals surface area contributed by atoms with Crippen LogP contribution in [0.3, 0.4) is 0 Å². The molecule has 1 aliphatic rings. The van der Waals surface area contributed by atoms with Crippen molar-refractivity contribution in [3.63, 3.8) is 0 Å². The average molecular weight is 415 g/mol. The van der Waals surface area contributed by atoms with Crippen LogP contribution in [0.25, 0.3) is 0 Å². The van der Waals surface area contributed by atoms with Gasteiger partial charge in [0.1, 0.15) is 10.8 Å². The Bertz CT molecular complexity index is 950. The van der Waals surface area contributed by atoms with E-state index in [2.05, 4.69) is 15.8 Å². The second kappa shape index (κ2) is 9.33. The van der Waals surface area contributed by atoms with Gasteiger partial charge in [0.05, 0.1) is 18.4 Å². The molecule has 9 heteroatoms. The second-order valence-electron chi connectivity index (χ2n) is 6.38. The number of anilines is 1. The number of aromatic hydroxyl groups is 1. The van der Waals surface area contributed by atoms with Crippen LogP contribution in [0.15, 0.2) is 29.4 Å². The van der Waals surface area contributed by atoms with Crippen molar-refractivity contribution in [2.75, 3.05) is 11.9 Å². The number of amides is 2. The molecule has 1 aromatic heterocycles. The first-order chi connectivity index (χ1) is 14.0. The van der Waals surface area contributed by atoms with E-state index in [9.17, 15) is 19.5 Å². The molecule has 0 aliphatic heterocycles. The van der Waals surface area contributed by atoms with Gasteiger partial charge in [-0.1, -0.05) is 0 Å². The molecule has 8 nitrogen and oxygen atoms in total. The highest BCUT2D eigenvalue weighted by atomic mass is 32.1. The minimum atomic E-state index is -0.957. The van der Waals surface area contributed by atoms with Crippen LogP contribution in [-0.4, -0.2) is 35.7 Å². The lowest BCUT2D eigenvalue weighted by atomic mass is 9.95. The smallest absolute Gasteiger partial charge is 0.341 e.